The van der Waals surface area contributed by atoms with Crippen LogP contribution in [0.5, 0.6) is 5.75 Å². The van der Waals surface area contributed by atoms with Crippen molar-refractivity contribution < 1.29 is 34.2 Å². The number of phenols is 1. The summed E-state index contributed by atoms with van der Waals surface area (Å²) >= 11 is 0. The maximum absolute atomic E-state index is 13.3. The van der Waals surface area contributed by atoms with E-state index in [2.05, 4.69) is 20.9 Å². The number of carbonyl (C=O) groups is 5. The maximum atomic E-state index is 13.3. The fraction of sp³-hybridized carbons (Fsp3) is 0.520. The minimum absolute atomic E-state index is 0.00266. The van der Waals surface area contributed by atoms with E-state index >= 15 is 0 Å². The van der Waals surface area contributed by atoms with E-state index < -0.39 is 60.2 Å². The van der Waals surface area contributed by atoms with Crippen LogP contribution < -0.4 is 44.6 Å². The third-order valence-corrected chi connectivity index (χ3v) is 5.91. The summed E-state index contributed by atoms with van der Waals surface area (Å²) in [7, 11) is 0. The van der Waals surface area contributed by atoms with Crippen LogP contribution in [0.15, 0.2) is 29.3 Å². The van der Waals surface area contributed by atoms with Gasteiger partial charge in [-0.2, -0.15) is 0 Å². The molecule has 0 heterocycles. The number of hydrogen-bond donors (Lipinski definition) is 10. The Morgan fingerprint density at radius 3 is 1.85 bits per heavy atom. The monoisotopic (exact) mass is 579 g/mol. The highest BCUT2D eigenvalue weighted by atomic mass is 16.4. The number of amides is 4. The number of benzene rings is 1. The Morgan fingerprint density at radius 1 is 0.805 bits per heavy atom. The number of nitrogens with two attached hydrogens (primary N) is 5. The van der Waals surface area contributed by atoms with Gasteiger partial charge in [-0.25, -0.2) is 4.79 Å². The molecule has 1 aromatic carbocycles. The topological polar surface area (TPSA) is 304 Å². The molecule has 16 nitrogen and oxygen atoms in total. The summed E-state index contributed by atoms with van der Waals surface area (Å²) in [5.41, 5.74) is 27.6. The summed E-state index contributed by atoms with van der Waals surface area (Å²) in [4.78, 5) is 65.8. The molecule has 4 atom stereocenters. The van der Waals surface area contributed by atoms with Gasteiger partial charge in [0.1, 0.15) is 23.9 Å². The van der Waals surface area contributed by atoms with Crippen molar-refractivity contribution in [1.29, 1.82) is 0 Å². The van der Waals surface area contributed by atoms with Crippen LogP contribution in [0.2, 0.25) is 0 Å². The van der Waals surface area contributed by atoms with Crippen molar-refractivity contribution in [3.8, 4) is 5.75 Å². The van der Waals surface area contributed by atoms with Crippen LogP contribution in [-0.2, 0) is 30.4 Å². The van der Waals surface area contributed by atoms with Crippen LogP contribution in [0.4, 0.5) is 0 Å². The number of guanidine groups is 1. The van der Waals surface area contributed by atoms with Crippen molar-refractivity contribution in [2.24, 2.45) is 33.7 Å². The Labute approximate surface area is 237 Å². The molecule has 0 aromatic heterocycles. The number of aliphatic imine (C=N–C) groups is 1. The van der Waals surface area contributed by atoms with Crippen molar-refractivity contribution in [1.82, 2.24) is 16.0 Å². The highest BCUT2D eigenvalue weighted by Crippen LogP contribution is 2.12. The Balaban J connectivity index is 3.08. The van der Waals surface area contributed by atoms with Crippen molar-refractivity contribution in [3.63, 3.8) is 0 Å². The Morgan fingerprint density at radius 2 is 1.34 bits per heavy atom. The normalized spacial score (nSPS) is 13.6. The van der Waals surface area contributed by atoms with E-state index in [-0.39, 0.29) is 43.9 Å². The van der Waals surface area contributed by atoms with Gasteiger partial charge in [0.15, 0.2) is 5.96 Å². The average Bonchev–Trinajstić information content (AvgIpc) is 2.89. The van der Waals surface area contributed by atoms with Gasteiger partial charge in [0.25, 0.3) is 0 Å². The number of nitrogens with one attached hydrogen (secondary N) is 3. The molecule has 0 radical (unpaired) electrons. The van der Waals surface area contributed by atoms with Gasteiger partial charge in [-0.3, -0.25) is 24.2 Å². The summed E-state index contributed by atoms with van der Waals surface area (Å²) in [6.45, 7) is 0.482. The van der Waals surface area contributed by atoms with E-state index in [0.717, 1.165) is 0 Å². The van der Waals surface area contributed by atoms with E-state index in [9.17, 15) is 34.2 Å². The maximum Gasteiger partial charge on any atom is 0.326 e. The molecule has 0 aliphatic heterocycles. The molecule has 4 unspecified atom stereocenters. The molecule has 1 aromatic rings. The van der Waals surface area contributed by atoms with Crippen molar-refractivity contribution >= 4 is 35.6 Å². The van der Waals surface area contributed by atoms with Crippen LogP contribution in [0.25, 0.3) is 0 Å². The van der Waals surface area contributed by atoms with Gasteiger partial charge >= 0.3 is 5.97 Å². The van der Waals surface area contributed by atoms with Crippen LogP contribution in [0.3, 0.4) is 0 Å². The highest BCUT2D eigenvalue weighted by Gasteiger charge is 2.30. The van der Waals surface area contributed by atoms with Crippen LogP contribution in [0.1, 0.15) is 44.1 Å². The Hall–Kier alpha value is -4.44. The number of primary amides is 1. The number of aromatic hydroxyl groups is 1. The van der Waals surface area contributed by atoms with Crippen LogP contribution in [0, 0.1) is 0 Å². The zero-order valence-electron chi connectivity index (χ0n) is 22.8. The van der Waals surface area contributed by atoms with E-state index in [0.29, 0.717) is 24.9 Å². The predicted octanol–water partition coefficient (Wildman–Crippen LogP) is -3.14. The SMILES string of the molecule is NCCCCC(NC(=O)C(CCCN=C(N)N)NC(=O)C(N)CC(N)=O)C(=O)NC(Cc1ccc(O)cc1)C(=O)O. The fourth-order valence-electron chi connectivity index (χ4n) is 3.73. The summed E-state index contributed by atoms with van der Waals surface area (Å²) in [6.07, 6.45) is 0.899. The minimum Gasteiger partial charge on any atom is -0.508 e. The molecule has 0 aliphatic rings. The summed E-state index contributed by atoms with van der Waals surface area (Å²) in [6, 6.07) is 0.849. The lowest BCUT2D eigenvalue weighted by atomic mass is 10.0. The number of carbonyl (C=O) groups excluding carboxylic acids is 4. The molecule has 1 rings (SSSR count). The van der Waals surface area contributed by atoms with E-state index in [1.165, 1.54) is 24.3 Å². The van der Waals surface area contributed by atoms with Gasteiger partial charge in [-0.15, -0.1) is 0 Å². The number of carboxylic acids is 1. The second-order valence-electron chi connectivity index (χ2n) is 9.40. The van der Waals surface area contributed by atoms with Gasteiger partial charge in [0, 0.05) is 13.0 Å². The van der Waals surface area contributed by atoms with Gasteiger partial charge in [0.2, 0.25) is 23.6 Å². The molecular formula is C25H41N9O7. The molecule has 16 heteroatoms. The molecule has 41 heavy (non-hydrogen) atoms. The number of unbranched alkanes of at least 4 members (excludes halogenated alkanes) is 1. The number of carboxylic acid groups (broad SMARTS) is 1. The van der Waals surface area contributed by atoms with Gasteiger partial charge < -0.3 is 54.8 Å². The quantitative estimate of drug-likeness (QED) is 0.0443. The summed E-state index contributed by atoms with van der Waals surface area (Å²) < 4.78 is 0. The number of rotatable bonds is 19. The molecule has 0 saturated heterocycles. The zero-order chi connectivity index (χ0) is 30.9. The molecule has 4 amide bonds. The van der Waals surface area contributed by atoms with Crippen molar-refractivity contribution in [3.05, 3.63) is 29.8 Å². The van der Waals surface area contributed by atoms with E-state index in [1.807, 2.05) is 0 Å². The first-order valence-electron chi connectivity index (χ1n) is 13.0. The van der Waals surface area contributed by atoms with E-state index in [1.54, 1.807) is 0 Å². The van der Waals surface area contributed by atoms with Crippen LogP contribution >= 0.6 is 0 Å². The third kappa shape index (κ3) is 14.0. The average molecular weight is 580 g/mol. The van der Waals surface area contributed by atoms with Crippen molar-refractivity contribution in [2.75, 3.05) is 13.1 Å². The van der Waals surface area contributed by atoms with Crippen molar-refractivity contribution in [2.45, 2.75) is 69.1 Å². The summed E-state index contributed by atoms with van der Waals surface area (Å²) in [5, 5.41) is 26.6. The smallest absolute Gasteiger partial charge is 0.326 e. The van der Waals surface area contributed by atoms with Gasteiger partial charge in [-0.05, 0) is 56.3 Å². The fourth-order valence-corrected chi connectivity index (χ4v) is 3.73. The first kappa shape index (κ1) is 34.6. The third-order valence-electron chi connectivity index (χ3n) is 5.91. The Bertz CT molecular complexity index is 1060. The molecule has 228 valence electrons. The molecule has 0 bridgehead atoms. The van der Waals surface area contributed by atoms with Gasteiger partial charge in [0.05, 0.1) is 12.5 Å². The predicted molar refractivity (Wildman–Crippen MR) is 150 cm³/mol. The minimum atomic E-state index is -1.33. The largest absolute Gasteiger partial charge is 0.508 e. The molecule has 0 fully saturated rings. The first-order chi connectivity index (χ1) is 19.3. The highest BCUT2D eigenvalue weighted by molar-refractivity contribution is 5.95. The van der Waals surface area contributed by atoms with Crippen LogP contribution in [-0.4, -0.2) is 83.0 Å². The molecule has 0 saturated carbocycles. The van der Waals surface area contributed by atoms with Gasteiger partial charge in [-0.1, -0.05) is 12.1 Å². The Kier molecular flexibility index (Phi) is 15.2. The number of nitrogens with zero attached hydrogens (tertiary/aromatic N) is 1. The second kappa shape index (κ2) is 18.0. The number of aliphatic carboxylic acids is 1. The molecular weight excluding hydrogens is 538 g/mol. The molecule has 0 aliphatic carbocycles. The standard InChI is InChI=1S/C25H41N9O7/c26-10-2-1-4-17(23(39)34-19(24(40)41)12-14-6-8-15(35)9-7-14)33-22(38)18(5-3-11-31-25(29)30)32-21(37)16(27)13-20(28)36/h6-9,16-19,35H,1-5,10-13,26-27H2,(H2,28,36)(H,32,37)(H,33,38)(H,34,39)(H,40,41)(H4,29,30,31). The summed E-state index contributed by atoms with van der Waals surface area (Å²) in [5.74, 6) is -4.57. The first-order valence-corrected chi connectivity index (χ1v) is 13.0. The lowest BCUT2D eigenvalue weighted by molar-refractivity contribution is -0.142. The molecule has 15 N–H and O–H groups in total. The van der Waals surface area contributed by atoms with E-state index in [4.69, 9.17) is 28.7 Å². The second-order valence-corrected chi connectivity index (χ2v) is 9.40. The number of hydrogen-bond acceptors (Lipinski definition) is 9. The molecule has 0 spiro atoms. The number of phenolic OH excluding ortho intramolecular Hbond substituents is 1. The lowest BCUT2D eigenvalue weighted by Crippen LogP contribution is -2.57. The lowest BCUT2D eigenvalue weighted by Gasteiger charge is -2.25. The zero-order valence-corrected chi connectivity index (χ0v) is 22.8.